The summed E-state index contributed by atoms with van der Waals surface area (Å²) in [5.41, 5.74) is 5.08. The van der Waals surface area contributed by atoms with E-state index in [2.05, 4.69) is 65.6 Å². The van der Waals surface area contributed by atoms with Crippen molar-refractivity contribution in [3.63, 3.8) is 0 Å². The van der Waals surface area contributed by atoms with Crippen molar-refractivity contribution in [3.05, 3.63) is 51.2 Å². The largest absolute Gasteiger partial charge is 0.336 e. The van der Waals surface area contributed by atoms with Crippen LogP contribution in [0, 0.1) is 20.8 Å². The van der Waals surface area contributed by atoms with E-state index in [0.717, 1.165) is 25.6 Å². The summed E-state index contributed by atoms with van der Waals surface area (Å²) in [7, 11) is 0. The first-order valence-electron chi connectivity index (χ1n) is 7.31. The van der Waals surface area contributed by atoms with Crippen LogP contribution >= 0.6 is 11.3 Å². The molecule has 3 nitrogen and oxygen atoms in total. The van der Waals surface area contributed by atoms with E-state index in [0.29, 0.717) is 0 Å². The van der Waals surface area contributed by atoms with Gasteiger partial charge < -0.3 is 10.2 Å². The number of hydrogen-bond donors (Lipinski definition) is 1. The third-order valence-electron chi connectivity index (χ3n) is 3.95. The number of para-hydroxylation sites is 1. The molecule has 21 heavy (non-hydrogen) atoms. The molecular formula is C17H21N3S. The Balaban J connectivity index is 1.77. The topological polar surface area (TPSA) is 27.6 Å². The smallest absolute Gasteiger partial charge is 0.198 e. The van der Waals surface area contributed by atoms with Crippen molar-refractivity contribution in [1.29, 1.82) is 0 Å². The Kier molecular flexibility index (Phi) is 3.97. The fourth-order valence-electron chi connectivity index (χ4n) is 2.62. The number of anilines is 1. The maximum absolute atomic E-state index is 4.64. The van der Waals surface area contributed by atoms with E-state index in [-0.39, 0.29) is 0 Å². The molecule has 1 N–H and O–H groups in total. The zero-order valence-electron chi connectivity index (χ0n) is 12.8. The van der Waals surface area contributed by atoms with Gasteiger partial charge in [-0.25, -0.2) is 0 Å². The second-order valence-corrected chi connectivity index (χ2v) is 6.55. The number of benzene rings is 1. The number of aryl methyl sites for hydroxylation is 3. The number of nitrogens with one attached hydrogen (secondary N) is 1. The lowest BCUT2D eigenvalue weighted by Crippen LogP contribution is -2.32. The van der Waals surface area contributed by atoms with Crippen LogP contribution in [0.4, 0.5) is 5.69 Å². The van der Waals surface area contributed by atoms with E-state index < -0.39 is 0 Å². The minimum atomic E-state index is 0.873. The normalized spacial score (nSPS) is 14.4. The molecule has 0 aliphatic carbocycles. The van der Waals surface area contributed by atoms with Gasteiger partial charge in [0.2, 0.25) is 0 Å². The molecule has 0 atom stereocenters. The van der Waals surface area contributed by atoms with Crippen LogP contribution in [0.3, 0.4) is 0 Å². The number of guanidine groups is 1. The Morgan fingerprint density at radius 1 is 1.14 bits per heavy atom. The van der Waals surface area contributed by atoms with Crippen LogP contribution in [0.5, 0.6) is 0 Å². The summed E-state index contributed by atoms with van der Waals surface area (Å²) in [5, 5.41) is 5.70. The van der Waals surface area contributed by atoms with E-state index in [1.165, 1.54) is 27.3 Å². The minimum absolute atomic E-state index is 0.873. The summed E-state index contributed by atoms with van der Waals surface area (Å²) in [4.78, 5) is 8.40. The average molecular weight is 299 g/mol. The molecule has 0 fully saturated rings. The molecule has 0 bridgehead atoms. The van der Waals surface area contributed by atoms with Gasteiger partial charge in [0.05, 0.1) is 13.1 Å². The monoisotopic (exact) mass is 299 g/mol. The first-order chi connectivity index (χ1) is 10.1. The van der Waals surface area contributed by atoms with Crippen LogP contribution in [-0.4, -0.2) is 23.9 Å². The van der Waals surface area contributed by atoms with Gasteiger partial charge in [0.15, 0.2) is 5.96 Å². The molecule has 110 valence electrons. The second kappa shape index (κ2) is 5.90. The van der Waals surface area contributed by atoms with Gasteiger partial charge in [0.1, 0.15) is 0 Å². The van der Waals surface area contributed by atoms with E-state index in [1.54, 1.807) is 0 Å². The van der Waals surface area contributed by atoms with Gasteiger partial charge in [-0.1, -0.05) is 18.2 Å². The van der Waals surface area contributed by atoms with Crippen LogP contribution in [0.25, 0.3) is 0 Å². The summed E-state index contributed by atoms with van der Waals surface area (Å²) >= 11 is 1.83. The molecule has 2 heterocycles. The molecule has 1 aromatic heterocycles. The van der Waals surface area contributed by atoms with E-state index in [9.17, 15) is 0 Å². The lowest BCUT2D eigenvalue weighted by atomic mass is 10.1. The molecule has 0 amide bonds. The Bertz CT molecular complexity index is 652. The third kappa shape index (κ3) is 2.95. The third-order valence-corrected chi connectivity index (χ3v) is 4.96. The summed E-state index contributed by atoms with van der Waals surface area (Å²) in [6.07, 6.45) is 0. The highest BCUT2D eigenvalue weighted by molar-refractivity contribution is 7.10. The Labute approximate surface area is 130 Å². The molecule has 1 aromatic carbocycles. The Morgan fingerprint density at radius 2 is 1.90 bits per heavy atom. The molecule has 1 aliphatic heterocycles. The number of aliphatic imine (C=N–C) groups is 1. The first-order valence-corrected chi connectivity index (χ1v) is 8.18. The highest BCUT2D eigenvalue weighted by atomic mass is 32.1. The fraction of sp³-hybridized carbons (Fsp3) is 0.353. The van der Waals surface area contributed by atoms with Crippen molar-refractivity contribution in [3.8, 4) is 0 Å². The number of hydrogen-bond acceptors (Lipinski definition) is 4. The van der Waals surface area contributed by atoms with Crippen LogP contribution in [0.2, 0.25) is 0 Å². The quantitative estimate of drug-likeness (QED) is 0.929. The molecule has 0 radical (unpaired) electrons. The molecule has 2 aromatic rings. The maximum atomic E-state index is 4.64. The van der Waals surface area contributed by atoms with Crippen molar-refractivity contribution >= 4 is 23.0 Å². The molecule has 0 saturated carbocycles. The van der Waals surface area contributed by atoms with Gasteiger partial charge in [0.25, 0.3) is 0 Å². The highest BCUT2D eigenvalue weighted by Crippen LogP contribution is 2.23. The van der Waals surface area contributed by atoms with Crippen LogP contribution in [0.15, 0.2) is 34.6 Å². The van der Waals surface area contributed by atoms with Gasteiger partial charge in [0, 0.05) is 17.1 Å². The summed E-state index contributed by atoms with van der Waals surface area (Å²) < 4.78 is 0. The standard InChI is InChI=1S/C17H21N3S/c1-12-7-10-21-15(12)11-20-9-8-18-17(20)19-16-13(2)5-4-6-14(16)3/h4-7,10H,8-9,11H2,1-3H3,(H,18,19). The van der Waals surface area contributed by atoms with Crippen molar-refractivity contribution in [1.82, 2.24) is 4.90 Å². The number of rotatable bonds is 3. The van der Waals surface area contributed by atoms with Gasteiger partial charge in [-0.3, -0.25) is 4.99 Å². The van der Waals surface area contributed by atoms with E-state index in [1.807, 2.05) is 11.3 Å². The van der Waals surface area contributed by atoms with Gasteiger partial charge in [-0.05, 0) is 48.9 Å². The minimum Gasteiger partial charge on any atom is -0.336 e. The summed E-state index contributed by atoms with van der Waals surface area (Å²) in [6, 6.07) is 8.56. The molecule has 4 heteroatoms. The molecular weight excluding hydrogens is 278 g/mol. The van der Waals surface area contributed by atoms with Crippen LogP contribution in [0.1, 0.15) is 21.6 Å². The maximum Gasteiger partial charge on any atom is 0.198 e. The predicted octanol–water partition coefficient (Wildman–Crippen LogP) is 3.96. The van der Waals surface area contributed by atoms with Gasteiger partial charge in [-0.15, -0.1) is 11.3 Å². The molecule has 3 rings (SSSR count). The fourth-order valence-corrected chi connectivity index (χ4v) is 3.54. The highest BCUT2D eigenvalue weighted by Gasteiger charge is 2.19. The zero-order valence-corrected chi connectivity index (χ0v) is 13.6. The van der Waals surface area contributed by atoms with Crippen molar-refractivity contribution in [2.45, 2.75) is 27.3 Å². The molecule has 0 spiro atoms. The van der Waals surface area contributed by atoms with Crippen LogP contribution < -0.4 is 5.32 Å². The molecule has 0 unspecified atom stereocenters. The van der Waals surface area contributed by atoms with E-state index >= 15 is 0 Å². The second-order valence-electron chi connectivity index (χ2n) is 5.55. The van der Waals surface area contributed by atoms with Gasteiger partial charge >= 0.3 is 0 Å². The lowest BCUT2D eigenvalue weighted by molar-refractivity contribution is 0.454. The zero-order chi connectivity index (χ0) is 14.8. The van der Waals surface area contributed by atoms with Crippen molar-refractivity contribution < 1.29 is 0 Å². The summed E-state index contributed by atoms with van der Waals surface area (Å²) in [6.45, 7) is 9.26. The summed E-state index contributed by atoms with van der Waals surface area (Å²) in [5.74, 6) is 1.00. The van der Waals surface area contributed by atoms with Crippen molar-refractivity contribution in [2.24, 2.45) is 4.99 Å². The Hall–Kier alpha value is -1.81. The molecule has 0 saturated heterocycles. The van der Waals surface area contributed by atoms with Crippen molar-refractivity contribution in [2.75, 3.05) is 18.4 Å². The SMILES string of the molecule is Cc1ccsc1CN1CCN=C1Nc1c(C)cccc1C. The number of thiophene rings is 1. The molecule has 1 aliphatic rings. The predicted molar refractivity (Wildman–Crippen MR) is 91.3 cm³/mol. The van der Waals surface area contributed by atoms with Crippen LogP contribution in [-0.2, 0) is 6.54 Å². The first kappa shape index (κ1) is 14.1. The number of nitrogens with zero attached hydrogens (tertiary/aromatic N) is 2. The van der Waals surface area contributed by atoms with Gasteiger partial charge in [-0.2, -0.15) is 0 Å². The Morgan fingerprint density at radius 3 is 2.57 bits per heavy atom. The lowest BCUT2D eigenvalue weighted by Gasteiger charge is -2.22. The average Bonchev–Trinajstić information content (AvgIpc) is 3.05. The van der Waals surface area contributed by atoms with E-state index in [4.69, 9.17) is 0 Å².